The van der Waals surface area contributed by atoms with Crippen LogP contribution in [0.25, 0.3) is 0 Å². The summed E-state index contributed by atoms with van der Waals surface area (Å²) in [6.07, 6.45) is 5.26. The van der Waals surface area contributed by atoms with Crippen LogP contribution in [-0.2, 0) is 0 Å². The minimum absolute atomic E-state index is 0.272. The minimum atomic E-state index is 0.272. The molecule has 1 heterocycles. The molecular formula is C10H22N2O. The van der Waals surface area contributed by atoms with Crippen LogP contribution in [0.15, 0.2) is 0 Å². The van der Waals surface area contributed by atoms with Gasteiger partial charge in [-0.05, 0) is 39.4 Å². The fourth-order valence-corrected chi connectivity index (χ4v) is 1.83. The van der Waals surface area contributed by atoms with Gasteiger partial charge in [0.05, 0.1) is 6.61 Å². The van der Waals surface area contributed by atoms with Crippen LogP contribution in [0.4, 0.5) is 0 Å². The van der Waals surface area contributed by atoms with Gasteiger partial charge in [0.2, 0.25) is 0 Å². The second-order valence-corrected chi connectivity index (χ2v) is 3.96. The number of hydrogen-bond acceptors (Lipinski definition) is 3. The van der Waals surface area contributed by atoms with E-state index in [2.05, 4.69) is 17.3 Å². The Morgan fingerprint density at radius 2 is 2.23 bits per heavy atom. The van der Waals surface area contributed by atoms with Crippen molar-refractivity contribution >= 4 is 0 Å². The largest absolute Gasteiger partial charge is 0.395 e. The highest BCUT2D eigenvalue weighted by Gasteiger charge is 2.12. The molecule has 0 bridgehead atoms. The van der Waals surface area contributed by atoms with Crippen molar-refractivity contribution in [3.63, 3.8) is 0 Å². The monoisotopic (exact) mass is 186 g/mol. The van der Waals surface area contributed by atoms with Crippen LogP contribution in [-0.4, -0.2) is 49.3 Å². The van der Waals surface area contributed by atoms with Gasteiger partial charge in [-0.15, -0.1) is 0 Å². The first-order valence-electron chi connectivity index (χ1n) is 5.35. The molecule has 2 N–H and O–H groups in total. The quantitative estimate of drug-likeness (QED) is 0.654. The van der Waals surface area contributed by atoms with Gasteiger partial charge < -0.3 is 15.3 Å². The molecule has 0 amide bonds. The molecule has 0 aromatic carbocycles. The van der Waals surface area contributed by atoms with E-state index in [1.807, 2.05) is 0 Å². The maximum atomic E-state index is 8.72. The number of aliphatic hydroxyl groups excluding tert-OH is 1. The van der Waals surface area contributed by atoms with E-state index in [4.69, 9.17) is 5.11 Å². The van der Waals surface area contributed by atoms with E-state index < -0.39 is 0 Å². The normalized spacial score (nSPS) is 23.8. The fourth-order valence-electron chi connectivity index (χ4n) is 1.83. The molecule has 78 valence electrons. The summed E-state index contributed by atoms with van der Waals surface area (Å²) in [6.45, 7) is 3.36. The SMILES string of the molecule is CN(CCO)CC[C@H]1CCCCN1. The molecule has 0 spiro atoms. The summed E-state index contributed by atoms with van der Waals surface area (Å²) in [7, 11) is 2.07. The molecular weight excluding hydrogens is 164 g/mol. The maximum Gasteiger partial charge on any atom is 0.0558 e. The Balaban J connectivity index is 2.03. The molecule has 1 rings (SSSR count). The van der Waals surface area contributed by atoms with Gasteiger partial charge in [-0.3, -0.25) is 0 Å². The number of nitrogens with zero attached hydrogens (tertiary/aromatic N) is 1. The van der Waals surface area contributed by atoms with Crippen LogP contribution in [0.5, 0.6) is 0 Å². The van der Waals surface area contributed by atoms with E-state index >= 15 is 0 Å². The van der Waals surface area contributed by atoms with Crippen LogP contribution >= 0.6 is 0 Å². The van der Waals surface area contributed by atoms with Gasteiger partial charge in [-0.2, -0.15) is 0 Å². The molecule has 1 saturated heterocycles. The molecule has 0 aromatic heterocycles. The summed E-state index contributed by atoms with van der Waals surface area (Å²) in [5.41, 5.74) is 0. The molecule has 3 nitrogen and oxygen atoms in total. The average Bonchev–Trinajstić information content (AvgIpc) is 2.17. The third kappa shape index (κ3) is 4.60. The first kappa shape index (κ1) is 11.0. The van der Waals surface area contributed by atoms with Crippen molar-refractivity contribution in [1.82, 2.24) is 10.2 Å². The molecule has 1 atom stereocenters. The van der Waals surface area contributed by atoms with Crippen molar-refractivity contribution in [2.75, 3.05) is 33.3 Å². The number of rotatable bonds is 5. The zero-order valence-electron chi connectivity index (χ0n) is 8.63. The molecule has 13 heavy (non-hydrogen) atoms. The van der Waals surface area contributed by atoms with Gasteiger partial charge in [0, 0.05) is 12.6 Å². The third-order valence-electron chi connectivity index (χ3n) is 2.75. The highest BCUT2D eigenvalue weighted by molar-refractivity contribution is 4.72. The highest BCUT2D eigenvalue weighted by Crippen LogP contribution is 2.09. The Hall–Kier alpha value is -0.120. The Kier molecular flexibility index (Phi) is 5.35. The van der Waals surface area contributed by atoms with Crippen LogP contribution in [0.3, 0.4) is 0 Å². The van der Waals surface area contributed by atoms with E-state index in [0.717, 1.165) is 19.1 Å². The highest BCUT2D eigenvalue weighted by atomic mass is 16.3. The molecule has 0 saturated carbocycles. The summed E-state index contributed by atoms with van der Waals surface area (Å²) in [5, 5.41) is 12.2. The summed E-state index contributed by atoms with van der Waals surface area (Å²) >= 11 is 0. The first-order valence-corrected chi connectivity index (χ1v) is 5.35. The van der Waals surface area contributed by atoms with Gasteiger partial charge in [0.1, 0.15) is 0 Å². The van der Waals surface area contributed by atoms with Gasteiger partial charge in [-0.25, -0.2) is 0 Å². The second-order valence-electron chi connectivity index (χ2n) is 3.96. The Labute approximate surface area is 81.1 Å². The van der Waals surface area contributed by atoms with Crippen LogP contribution in [0, 0.1) is 0 Å². The molecule has 1 aliphatic heterocycles. The lowest BCUT2D eigenvalue weighted by Gasteiger charge is -2.25. The minimum Gasteiger partial charge on any atom is -0.395 e. The zero-order chi connectivity index (χ0) is 9.52. The maximum absolute atomic E-state index is 8.72. The lowest BCUT2D eigenvalue weighted by Crippen LogP contribution is -2.37. The molecule has 0 unspecified atom stereocenters. The lowest BCUT2D eigenvalue weighted by atomic mass is 10.0. The average molecular weight is 186 g/mol. The van der Waals surface area contributed by atoms with Crippen molar-refractivity contribution in [2.45, 2.75) is 31.7 Å². The van der Waals surface area contributed by atoms with E-state index in [1.165, 1.54) is 32.2 Å². The standard InChI is InChI=1S/C10H22N2O/c1-12(8-9-13)7-5-10-4-2-3-6-11-10/h10-11,13H,2-9H2,1H3/t10-/m1/s1. The molecule has 0 radical (unpaired) electrons. The van der Waals surface area contributed by atoms with Gasteiger partial charge in [0.15, 0.2) is 0 Å². The Bertz CT molecular complexity index is 124. The number of likely N-dealkylation sites (N-methyl/N-ethyl adjacent to an activating group) is 1. The van der Waals surface area contributed by atoms with E-state index in [1.54, 1.807) is 0 Å². The molecule has 0 aromatic rings. The smallest absolute Gasteiger partial charge is 0.0558 e. The summed E-state index contributed by atoms with van der Waals surface area (Å²) in [4.78, 5) is 2.19. The molecule has 0 aliphatic carbocycles. The number of hydrogen-bond donors (Lipinski definition) is 2. The molecule has 3 heteroatoms. The molecule has 1 fully saturated rings. The summed E-state index contributed by atoms with van der Waals surface area (Å²) < 4.78 is 0. The van der Waals surface area contributed by atoms with Crippen molar-refractivity contribution in [3.05, 3.63) is 0 Å². The van der Waals surface area contributed by atoms with Crippen LogP contribution in [0.1, 0.15) is 25.7 Å². The van der Waals surface area contributed by atoms with Crippen LogP contribution < -0.4 is 5.32 Å². The lowest BCUT2D eigenvalue weighted by molar-refractivity contribution is 0.211. The number of nitrogens with one attached hydrogen (secondary N) is 1. The third-order valence-corrected chi connectivity index (χ3v) is 2.75. The summed E-state index contributed by atoms with van der Waals surface area (Å²) in [5.74, 6) is 0. The molecule has 1 aliphatic rings. The van der Waals surface area contributed by atoms with Crippen molar-refractivity contribution in [1.29, 1.82) is 0 Å². The Morgan fingerprint density at radius 3 is 2.85 bits per heavy atom. The van der Waals surface area contributed by atoms with Crippen LogP contribution in [0.2, 0.25) is 0 Å². The number of aliphatic hydroxyl groups is 1. The van der Waals surface area contributed by atoms with E-state index in [0.29, 0.717) is 0 Å². The number of piperidine rings is 1. The van der Waals surface area contributed by atoms with Crippen molar-refractivity contribution < 1.29 is 5.11 Å². The van der Waals surface area contributed by atoms with Gasteiger partial charge >= 0.3 is 0 Å². The first-order chi connectivity index (χ1) is 6.33. The zero-order valence-corrected chi connectivity index (χ0v) is 8.63. The van der Waals surface area contributed by atoms with E-state index in [-0.39, 0.29) is 6.61 Å². The summed E-state index contributed by atoms with van der Waals surface area (Å²) in [6, 6.07) is 0.717. The second kappa shape index (κ2) is 6.35. The van der Waals surface area contributed by atoms with E-state index in [9.17, 15) is 0 Å². The van der Waals surface area contributed by atoms with Crippen molar-refractivity contribution in [3.8, 4) is 0 Å². The predicted octanol–water partition coefficient (Wildman–Crippen LogP) is 0.443. The van der Waals surface area contributed by atoms with Gasteiger partial charge in [-0.1, -0.05) is 6.42 Å². The fraction of sp³-hybridized carbons (Fsp3) is 1.00. The topological polar surface area (TPSA) is 35.5 Å². The predicted molar refractivity (Wildman–Crippen MR) is 54.8 cm³/mol. The Morgan fingerprint density at radius 1 is 1.38 bits per heavy atom. The van der Waals surface area contributed by atoms with Gasteiger partial charge in [0.25, 0.3) is 0 Å². The van der Waals surface area contributed by atoms with Crippen molar-refractivity contribution in [2.24, 2.45) is 0 Å².